The van der Waals surface area contributed by atoms with Crippen LogP contribution in [0.15, 0.2) is 47.5 Å². The van der Waals surface area contributed by atoms with Gasteiger partial charge in [0.2, 0.25) is 0 Å². The average Bonchev–Trinajstić information content (AvgIpc) is 2.48. The Balaban J connectivity index is 2.20. The van der Waals surface area contributed by atoms with Crippen LogP contribution in [-0.4, -0.2) is 17.7 Å². The Bertz CT molecular complexity index is 664. The van der Waals surface area contributed by atoms with E-state index in [2.05, 4.69) is 4.99 Å². The van der Waals surface area contributed by atoms with Crippen molar-refractivity contribution in [2.75, 3.05) is 6.61 Å². The predicted octanol–water partition coefficient (Wildman–Crippen LogP) is 4.05. The van der Waals surface area contributed by atoms with E-state index >= 15 is 0 Å². The van der Waals surface area contributed by atoms with Crippen LogP contribution in [0.25, 0.3) is 0 Å². The maximum absolute atomic E-state index is 10.8. The first-order chi connectivity index (χ1) is 10.1. The molecule has 0 aliphatic carbocycles. The molecule has 108 valence electrons. The van der Waals surface area contributed by atoms with Gasteiger partial charge in [0.25, 0.3) is 5.69 Å². The Labute approximate surface area is 123 Å². The molecule has 5 heteroatoms. The highest BCUT2D eigenvalue weighted by Crippen LogP contribution is 2.24. The number of hydrogen-bond donors (Lipinski definition) is 0. The fourth-order valence-corrected chi connectivity index (χ4v) is 1.81. The number of rotatable bonds is 5. The molecule has 0 heterocycles. The highest BCUT2D eigenvalue weighted by atomic mass is 16.6. The number of benzene rings is 2. The summed E-state index contributed by atoms with van der Waals surface area (Å²) in [4.78, 5) is 14.7. The second-order valence-corrected chi connectivity index (χ2v) is 4.49. The zero-order chi connectivity index (χ0) is 15.2. The Morgan fingerprint density at radius 3 is 2.57 bits per heavy atom. The largest absolute Gasteiger partial charge is 0.494 e. The second-order valence-electron chi connectivity index (χ2n) is 4.49. The summed E-state index contributed by atoms with van der Waals surface area (Å²) in [5, 5.41) is 10.8. The van der Waals surface area contributed by atoms with E-state index in [1.54, 1.807) is 12.3 Å². The number of nitro benzene ring substituents is 1. The lowest BCUT2D eigenvalue weighted by Gasteiger charge is -2.02. The first-order valence-electron chi connectivity index (χ1n) is 6.62. The highest BCUT2D eigenvalue weighted by molar-refractivity contribution is 5.82. The maximum atomic E-state index is 10.8. The van der Waals surface area contributed by atoms with Gasteiger partial charge in [-0.1, -0.05) is 6.07 Å². The second kappa shape index (κ2) is 6.65. The summed E-state index contributed by atoms with van der Waals surface area (Å²) < 4.78 is 5.37. The topological polar surface area (TPSA) is 64.7 Å². The van der Waals surface area contributed by atoms with Crippen molar-refractivity contribution in [3.63, 3.8) is 0 Å². The Kier molecular flexibility index (Phi) is 4.66. The van der Waals surface area contributed by atoms with E-state index in [1.807, 2.05) is 38.1 Å². The summed E-state index contributed by atoms with van der Waals surface area (Å²) in [5.41, 5.74) is 2.43. The van der Waals surface area contributed by atoms with E-state index in [1.165, 1.54) is 12.1 Å². The van der Waals surface area contributed by atoms with Gasteiger partial charge in [0.15, 0.2) is 0 Å². The summed E-state index contributed by atoms with van der Waals surface area (Å²) in [7, 11) is 0. The molecule has 0 fully saturated rings. The van der Waals surface area contributed by atoms with Gasteiger partial charge in [-0.25, -0.2) is 0 Å². The summed E-state index contributed by atoms with van der Waals surface area (Å²) in [6, 6.07) is 12.2. The fourth-order valence-electron chi connectivity index (χ4n) is 1.81. The minimum Gasteiger partial charge on any atom is -0.494 e. The quantitative estimate of drug-likeness (QED) is 0.472. The lowest BCUT2D eigenvalue weighted by Crippen LogP contribution is -1.91. The fraction of sp³-hybridized carbons (Fsp3) is 0.188. The van der Waals surface area contributed by atoms with Gasteiger partial charge in [0, 0.05) is 18.3 Å². The number of nitrogens with zero attached hydrogens (tertiary/aromatic N) is 2. The Morgan fingerprint density at radius 2 is 1.95 bits per heavy atom. The number of nitro groups is 1. The van der Waals surface area contributed by atoms with Gasteiger partial charge in [0.05, 0.1) is 17.2 Å². The molecule has 0 aliphatic heterocycles. The third-order valence-corrected chi connectivity index (χ3v) is 2.95. The van der Waals surface area contributed by atoms with E-state index in [4.69, 9.17) is 4.74 Å². The number of hydrogen-bond acceptors (Lipinski definition) is 4. The lowest BCUT2D eigenvalue weighted by atomic mass is 10.2. The van der Waals surface area contributed by atoms with Crippen LogP contribution < -0.4 is 4.74 Å². The molecule has 0 N–H and O–H groups in total. The van der Waals surface area contributed by atoms with Crippen molar-refractivity contribution in [3.8, 4) is 5.75 Å². The van der Waals surface area contributed by atoms with Crippen molar-refractivity contribution in [2.24, 2.45) is 4.99 Å². The SMILES string of the molecule is CCOc1ccc(C=Nc2cc([N+](=O)[O-])ccc2C)cc1. The van der Waals surface area contributed by atoms with Crippen LogP contribution in [0.5, 0.6) is 5.75 Å². The van der Waals surface area contributed by atoms with Crippen LogP contribution in [0, 0.1) is 17.0 Å². The van der Waals surface area contributed by atoms with Crippen molar-refractivity contribution in [1.82, 2.24) is 0 Å². The molecule has 0 saturated carbocycles. The minimum absolute atomic E-state index is 0.0412. The number of aryl methyl sites for hydroxylation is 1. The molecule has 0 bridgehead atoms. The average molecular weight is 284 g/mol. The molecule has 2 aromatic rings. The van der Waals surface area contributed by atoms with E-state index in [0.717, 1.165) is 16.9 Å². The number of non-ortho nitro benzene ring substituents is 1. The first kappa shape index (κ1) is 14.7. The van der Waals surface area contributed by atoms with Crippen molar-refractivity contribution in [2.45, 2.75) is 13.8 Å². The van der Waals surface area contributed by atoms with E-state index < -0.39 is 4.92 Å². The number of aliphatic imine (C=N–C) groups is 1. The molecule has 0 unspecified atom stereocenters. The van der Waals surface area contributed by atoms with Crippen LogP contribution >= 0.6 is 0 Å². The third kappa shape index (κ3) is 3.89. The van der Waals surface area contributed by atoms with Crippen LogP contribution in [0.1, 0.15) is 18.1 Å². The standard InChI is InChI=1S/C16H16N2O3/c1-3-21-15-8-5-13(6-9-15)11-17-16-10-14(18(19)20)7-4-12(16)2/h4-11H,3H2,1-2H3. The number of ether oxygens (including phenoxy) is 1. The molecule has 0 aromatic heterocycles. The molecule has 0 atom stereocenters. The predicted molar refractivity (Wildman–Crippen MR) is 82.7 cm³/mol. The molecular weight excluding hydrogens is 268 g/mol. The van der Waals surface area contributed by atoms with Crippen molar-refractivity contribution in [3.05, 3.63) is 63.7 Å². The van der Waals surface area contributed by atoms with Crippen molar-refractivity contribution in [1.29, 1.82) is 0 Å². The maximum Gasteiger partial charge on any atom is 0.271 e. The summed E-state index contributed by atoms with van der Waals surface area (Å²) in [6.07, 6.45) is 1.68. The Morgan fingerprint density at radius 1 is 1.24 bits per heavy atom. The van der Waals surface area contributed by atoms with Gasteiger partial charge in [-0.3, -0.25) is 15.1 Å². The van der Waals surface area contributed by atoms with E-state index in [0.29, 0.717) is 12.3 Å². The molecular formula is C16H16N2O3. The molecule has 0 radical (unpaired) electrons. The molecule has 0 saturated heterocycles. The molecule has 2 rings (SSSR count). The molecule has 0 amide bonds. The van der Waals surface area contributed by atoms with Crippen molar-refractivity contribution >= 4 is 17.6 Å². The molecule has 21 heavy (non-hydrogen) atoms. The van der Waals surface area contributed by atoms with Crippen LogP contribution in [0.3, 0.4) is 0 Å². The van der Waals surface area contributed by atoms with Crippen LogP contribution in [-0.2, 0) is 0 Å². The van der Waals surface area contributed by atoms with Gasteiger partial charge in [-0.05, 0) is 49.2 Å². The van der Waals surface area contributed by atoms with Gasteiger partial charge in [-0.15, -0.1) is 0 Å². The lowest BCUT2D eigenvalue weighted by molar-refractivity contribution is -0.384. The zero-order valence-corrected chi connectivity index (χ0v) is 11.9. The van der Waals surface area contributed by atoms with E-state index in [-0.39, 0.29) is 5.69 Å². The van der Waals surface area contributed by atoms with E-state index in [9.17, 15) is 10.1 Å². The monoisotopic (exact) mass is 284 g/mol. The molecule has 0 aliphatic rings. The van der Waals surface area contributed by atoms with Crippen molar-refractivity contribution < 1.29 is 9.66 Å². The first-order valence-corrected chi connectivity index (χ1v) is 6.62. The van der Waals surface area contributed by atoms with Crippen LogP contribution in [0.2, 0.25) is 0 Å². The summed E-state index contributed by atoms with van der Waals surface area (Å²) in [6.45, 7) is 4.43. The normalized spacial score (nSPS) is 10.8. The van der Waals surface area contributed by atoms with Gasteiger partial charge in [-0.2, -0.15) is 0 Å². The third-order valence-electron chi connectivity index (χ3n) is 2.95. The summed E-state index contributed by atoms with van der Waals surface area (Å²) in [5.74, 6) is 0.807. The minimum atomic E-state index is -0.421. The zero-order valence-electron chi connectivity index (χ0n) is 11.9. The van der Waals surface area contributed by atoms with Gasteiger partial charge < -0.3 is 4.74 Å². The molecule has 5 nitrogen and oxygen atoms in total. The van der Waals surface area contributed by atoms with Gasteiger partial charge in [0.1, 0.15) is 5.75 Å². The smallest absolute Gasteiger partial charge is 0.271 e. The molecule has 0 spiro atoms. The Hall–Kier alpha value is -2.69. The summed E-state index contributed by atoms with van der Waals surface area (Å²) >= 11 is 0. The molecule has 2 aromatic carbocycles. The highest BCUT2D eigenvalue weighted by Gasteiger charge is 2.07. The van der Waals surface area contributed by atoms with Gasteiger partial charge >= 0.3 is 0 Å². The van der Waals surface area contributed by atoms with Crippen LogP contribution in [0.4, 0.5) is 11.4 Å².